The van der Waals surface area contributed by atoms with Crippen LogP contribution in [0.4, 0.5) is 51.8 Å². The first-order chi connectivity index (χ1) is 61.8. The number of piperazine rings is 2. The lowest BCUT2D eigenvalue weighted by atomic mass is 9.76. The van der Waals surface area contributed by atoms with Gasteiger partial charge in [0.15, 0.2) is 0 Å². The van der Waals surface area contributed by atoms with Crippen LogP contribution < -0.4 is 26.6 Å². The molecule has 8 heterocycles. The van der Waals surface area contributed by atoms with Crippen molar-refractivity contribution in [2.45, 2.75) is 164 Å². The van der Waals surface area contributed by atoms with E-state index in [-0.39, 0.29) is 70.2 Å². The van der Waals surface area contributed by atoms with E-state index in [9.17, 15) is 19.2 Å². The monoisotopic (exact) mass is 1720 g/mol. The molecule has 0 saturated carbocycles. The maximum absolute atomic E-state index is 12.8. The highest BCUT2D eigenvalue weighted by atomic mass is 16.2. The molecule has 4 aromatic carbocycles. The van der Waals surface area contributed by atoms with Gasteiger partial charge in [-0.15, -0.1) is 0 Å². The molecular weight excluding hydrogens is 1600 g/mol. The summed E-state index contributed by atoms with van der Waals surface area (Å²) < 4.78 is 0. The number of rotatable bonds is 24. The van der Waals surface area contributed by atoms with Gasteiger partial charge in [-0.3, -0.25) is 53.9 Å². The quantitative estimate of drug-likeness (QED) is 0.0254. The number of imidazole rings is 4. The molecular formula is C101H117N23O4. The summed E-state index contributed by atoms with van der Waals surface area (Å²) in [5.41, 5.74) is 19.5. The van der Waals surface area contributed by atoms with E-state index in [1.807, 2.05) is 72.9 Å². The average Bonchev–Trinajstić information content (AvgIpc) is 0.952. The summed E-state index contributed by atoms with van der Waals surface area (Å²) in [4.78, 5) is 110. The SMILES string of the molecule is [C-]#[N+]c1cnc(C(=O)Nc2ccc(CCNc3ccccn3)cc2C2=CCC(C)(C)CC2)[nH]1.[C-]#[N+]c1cnc(C(=O)Nc2ccc(CCc3ccccn3)cc2C2=CCC(C)(C)CC2)[nH]1.[C-]#[N+]c1cnc(C(=O)Nc2ccc(CN3CCN(C)CC3)cc2C2=CCCCC2)[nH]1.[C-]#[N+]c1cnc(C(=O)Nc2ccc(CN3CCN(CC)CC3)cc2C2=CCC(C)(C)CC2)[nH]1. The highest BCUT2D eigenvalue weighted by Gasteiger charge is 2.30. The highest BCUT2D eigenvalue weighted by Crippen LogP contribution is 2.44. The number of aromatic nitrogens is 10. The molecule has 27 nitrogen and oxygen atoms in total. The summed E-state index contributed by atoms with van der Waals surface area (Å²) >= 11 is 0. The number of pyridine rings is 2. The Bertz CT molecular complexity index is 5860. The van der Waals surface area contributed by atoms with Crippen molar-refractivity contribution >= 4 is 97.8 Å². The summed E-state index contributed by atoms with van der Waals surface area (Å²) in [7, 11) is 2.17. The van der Waals surface area contributed by atoms with Crippen LogP contribution in [-0.4, -0.2) is 166 Å². The molecule has 16 rings (SSSR count). The number of benzene rings is 4. The molecule has 4 aliphatic carbocycles. The van der Waals surface area contributed by atoms with E-state index in [1.54, 1.807) is 6.20 Å². The molecule has 2 saturated heterocycles. The van der Waals surface area contributed by atoms with Crippen LogP contribution in [0.15, 0.2) is 171 Å². The highest BCUT2D eigenvalue weighted by molar-refractivity contribution is 6.06. The topological polar surface area (TPSA) is 299 Å². The smallest absolute Gasteiger partial charge is 0.314 e. The van der Waals surface area contributed by atoms with Crippen LogP contribution >= 0.6 is 0 Å². The first-order valence-electron chi connectivity index (χ1n) is 44.5. The van der Waals surface area contributed by atoms with E-state index in [2.05, 4.69) is 238 Å². The maximum Gasteiger partial charge on any atom is 0.314 e. The van der Waals surface area contributed by atoms with Crippen molar-refractivity contribution in [2.75, 3.05) is 99.1 Å². The molecule has 9 N–H and O–H groups in total. The molecule has 0 atom stereocenters. The van der Waals surface area contributed by atoms with Gasteiger partial charge in [-0.25, -0.2) is 24.9 Å². The van der Waals surface area contributed by atoms with Crippen LogP contribution in [0.1, 0.15) is 225 Å². The molecule has 6 aliphatic rings. The van der Waals surface area contributed by atoms with E-state index in [0.29, 0.717) is 16.2 Å². The summed E-state index contributed by atoms with van der Waals surface area (Å²) in [5, 5.41) is 15.4. The summed E-state index contributed by atoms with van der Waals surface area (Å²) in [5.74, 6) is 1.10. The van der Waals surface area contributed by atoms with Crippen molar-refractivity contribution in [1.29, 1.82) is 0 Å². The number of carbonyl (C=O) groups excluding carboxylic acids is 4. The number of carbonyl (C=O) groups is 4. The zero-order chi connectivity index (χ0) is 90.2. The molecule has 0 bridgehead atoms. The van der Waals surface area contributed by atoms with Crippen molar-refractivity contribution in [2.24, 2.45) is 16.2 Å². The molecule has 128 heavy (non-hydrogen) atoms. The molecule has 2 fully saturated rings. The van der Waals surface area contributed by atoms with Gasteiger partial charge in [0.05, 0.1) is 24.8 Å². The predicted octanol–water partition coefficient (Wildman–Crippen LogP) is 20.7. The Morgan fingerprint density at radius 1 is 0.406 bits per heavy atom. The van der Waals surface area contributed by atoms with Crippen molar-refractivity contribution in [1.82, 2.24) is 69.4 Å². The molecule has 2 aliphatic heterocycles. The molecule has 0 unspecified atom stereocenters. The van der Waals surface area contributed by atoms with Gasteiger partial charge in [-0.05, 0) is 250 Å². The van der Waals surface area contributed by atoms with Gasteiger partial charge in [-0.2, -0.15) is 0 Å². The van der Waals surface area contributed by atoms with Gasteiger partial charge in [-0.1, -0.05) is 135 Å². The minimum atomic E-state index is -0.354. The van der Waals surface area contributed by atoms with Crippen molar-refractivity contribution in [3.05, 3.63) is 290 Å². The number of H-pyrrole nitrogens is 4. The third-order valence-corrected chi connectivity index (χ3v) is 24.6. The molecule has 660 valence electrons. The van der Waals surface area contributed by atoms with Crippen molar-refractivity contribution < 1.29 is 19.2 Å². The summed E-state index contributed by atoms with van der Waals surface area (Å²) in [6, 6.07) is 36.9. The van der Waals surface area contributed by atoms with Gasteiger partial charge in [0.25, 0.3) is 23.3 Å². The number of nitrogens with one attached hydrogen (secondary N) is 9. The molecule has 10 aromatic rings. The Hall–Kier alpha value is -13.5. The number of nitrogens with zero attached hydrogens (tertiary/aromatic N) is 14. The standard InChI is InChI=1S/C26H28N6O.C26H34N6O.C26H27N5O.C23H28N6O/c1-26(2)12-9-19(10-13-26)20-16-18(11-15-29-22-6-4-5-14-28-22)7-8-21(20)31-25(33)24-30-17-23(27-3)32-24;1-5-31-12-14-32(15-13-31)18-19-6-7-22(29-25(33)24-28-17-23(27-4)30-24)21(16-19)20-8-10-26(2,3)11-9-20;1-26(2)13-11-19(12-14-26)21-16-18(7-9-20-6-4-5-15-28-20)8-10-22(21)30-25(32)24-29-17-23(27-3)31-24;1-24-21-15-25-22(27-21)23(30)26-20-9-8-17(16-29-12-10-28(2)11-13-29)14-19(20)18-6-4-3-5-7-18/h4-9,14,16-17H,10-13,15H2,1-2H3,(H,28,29)(H,30,32)(H,31,33);6-8,16-17H,5,9-15,18H2,1-3H3,(H,28,30)(H,29,33);4-6,8,10-11,15-17H,7,9,12-14H2,1-2H3,(H,29,31)(H,30,32);6,8-9,14-15H,3-5,7,10-13,16H2,2H3,(H,25,27)(H,26,30). The number of hydrogen-bond donors (Lipinski definition) is 9. The van der Waals surface area contributed by atoms with Gasteiger partial charge in [0.1, 0.15) is 5.82 Å². The number of amides is 4. The summed E-state index contributed by atoms with van der Waals surface area (Å²) in [6.07, 6.45) is 34.8. The average molecular weight is 1720 g/mol. The number of hydrogen-bond acceptors (Lipinski definition) is 15. The number of aromatic amines is 4. The van der Waals surface area contributed by atoms with Crippen LogP contribution in [0, 0.1) is 42.5 Å². The third kappa shape index (κ3) is 26.1. The Morgan fingerprint density at radius 2 is 0.773 bits per heavy atom. The Morgan fingerprint density at radius 3 is 1.12 bits per heavy atom. The van der Waals surface area contributed by atoms with Gasteiger partial charge in [0.2, 0.25) is 23.3 Å². The predicted molar refractivity (Wildman–Crippen MR) is 508 cm³/mol. The lowest BCUT2D eigenvalue weighted by Crippen LogP contribution is -2.45. The second-order valence-corrected chi connectivity index (χ2v) is 36.0. The Kier molecular flexibility index (Phi) is 31.4. The van der Waals surface area contributed by atoms with E-state index in [1.165, 1.54) is 82.2 Å². The zero-order valence-electron chi connectivity index (χ0n) is 74.9. The van der Waals surface area contributed by atoms with Crippen LogP contribution in [0.2, 0.25) is 0 Å². The van der Waals surface area contributed by atoms with Gasteiger partial charge >= 0.3 is 23.6 Å². The molecule has 0 radical (unpaired) electrons. The number of aryl methyl sites for hydroxylation is 2. The summed E-state index contributed by atoms with van der Waals surface area (Å²) in [6.45, 7) is 56.7. The fourth-order valence-electron chi connectivity index (χ4n) is 16.5. The van der Waals surface area contributed by atoms with Gasteiger partial charge in [0, 0.05) is 135 Å². The zero-order valence-corrected chi connectivity index (χ0v) is 74.9. The van der Waals surface area contributed by atoms with E-state index >= 15 is 0 Å². The van der Waals surface area contributed by atoms with Crippen LogP contribution in [0.25, 0.3) is 41.7 Å². The molecule has 6 aromatic heterocycles. The maximum atomic E-state index is 12.8. The lowest BCUT2D eigenvalue weighted by molar-refractivity contribution is 0.101. The van der Waals surface area contributed by atoms with E-state index < -0.39 is 0 Å². The molecule has 27 heteroatoms. The number of allylic oxidation sites excluding steroid dienone is 8. The van der Waals surface area contributed by atoms with Crippen LogP contribution in [-0.2, 0) is 32.4 Å². The second kappa shape index (κ2) is 43.6. The number of likely N-dealkylation sites (N-methyl/N-ethyl adjacent to an activating group) is 2. The minimum Gasteiger partial charge on any atom is -0.370 e. The Balaban J connectivity index is 0.000000146. The van der Waals surface area contributed by atoms with Gasteiger partial charge < -0.3 is 55.8 Å². The number of anilines is 5. The fourth-order valence-corrected chi connectivity index (χ4v) is 16.5. The molecule has 4 amide bonds. The Labute approximate surface area is 751 Å². The molecule has 0 spiro atoms. The third-order valence-electron chi connectivity index (χ3n) is 24.6. The van der Waals surface area contributed by atoms with Crippen molar-refractivity contribution in [3.63, 3.8) is 0 Å². The lowest BCUT2D eigenvalue weighted by Gasteiger charge is -2.34. The first kappa shape index (κ1) is 92.1. The van der Waals surface area contributed by atoms with Crippen molar-refractivity contribution in [3.8, 4) is 0 Å². The van der Waals surface area contributed by atoms with E-state index in [4.69, 9.17) is 26.3 Å². The van der Waals surface area contributed by atoms with Crippen LogP contribution in [0.5, 0.6) is 0 Å². The minimum absolute atomic E-state index is 0.134. The fraction of sp³-hybridized carbons (Fsp3) is 0.386. The normalized spacial score (nSPS) is 16.7. The van der Waals surface area contributed by atoms with E-state index in [0.717, 1.165) is 225 Å². The van der Waals surface area contributed by atoms with Crippen LogP contribution in [0.3, 0.4) is 0 Å². The largest absolute Gasteiger partial charge is 0.370 e. The second-order valence-electron chi connectivity index (χ2n) is 36.0. The first-order valence-corrected chi connectivity index (χ1v) is 44.5.